The molecule has 8 aliphatic rings. The van der Waals surface area contributed by atoms with Crippen LogP contribution in [0.5, 0.6) is 0 Å². The van der Waals surface area contributed by atoms with Gasteiger partial charge in [-0.2, -0.15) is 0 Å². The zero-order chi connectivity index (χ0) is 29.6. The summed E-state index contributed by atoms with van der Waals surface area (Å²) >= 11 is 0. The van der Waals surface area contributed by atoms with Gasteiger partial charge in [-0.3, -0.25) is 0 Å². The molecular formula is C44H72. The summed E-state index contributed by atoms with van der Waals surface area (Å²) in [5.74, 6) is 16.3. The zero-order valence-corrected chi connectivity index (χ0v) is 29.4. The Morgan fingerprint density at radius 1 is 0.523 bits per heavy atom. The van der Waals surface area contributed by atoms with Gasteiger partial charge in [0, 0.05) is 0 Å². The molecule has 44 heavy (non-hydrogen) atoms. The van der Waals surface area contributed by atoms with Gasteiger partial charge in [-0.25, -0.2) is 0 Å². The van der Waals surface area contributed by atoms with Gasteiger partial charge in [0.2, 0.25) is 0 Å². The monoisotopic (exact) mass is 601 g/mol. The molecule has 0 spiro atoms. The standard InChI is InChI=1S/C44H72/c1-3-30(28-37-11-6-8-29(37)2)14-15-34-20-21-35-22-23-36-24-25-40(42-27-26-41(34)43(35)44(36)42)33-18-16-32(17-19-33)39-13-7-10-31-9-4-5-12-38(31)39/h28-36,38-44H,3-27H2,1-2H3/b37-28-. The highest BCUT2D eigenvalue weighted by atomic mass is 14.6. The van der Waals surface area contributed by atoms with E-state index in [1.54, 1.807) is 128 Å². The lowest BCUT2D eigenvalue weighted by Gasteiger charge is -2.62. The minimum absolute atomic E-state index is 0.866. The molecule has 0 heteroatoms. The number of rotatable bonds is 7. The highest BCUT2D eigenvalue weighted by Gasteiger charge is 2.56. The summed E-state index contributed by atoms with van der Waals surface area (Å²) in [6.45, 7) is 4.97. The van der Waals surface area contributed by atoms with E-state index >= 15 is 0 Å². The van der Waals surface area contributed by atoms with Crippen LogP contribution in [0.3, 0.4) is 0 Å². The van der Waals surface area contributed by atoms with Crippen LogP contribution >= 0.6 is 0 Å². The SMILES string of the molecule is CCC(/C=C1/CCCC1C)CCC1CCC2CCC3CCC(C4CCC(C5CCCC6CCCCC65)CC4)C4CCC1C2C34. The van der Waals surface area contributed by atoms with Gasteiger partial charge in [-0.1, -0.05) is 57.6 Å². The Kier molecular flexibility index (Phi) is 9.66. The maximum absolute atomic E-state index is 2.79. The lowest BCUT2D eigenvalue weighted by atomic mass is 9.43. The van der Waals surface area contributed by atoms with Gasteiger partial charge in [0.1, 0.15) is 0 Å². The van der Waals surface area contributed by atoms with Crippen molar-refractivity contribution in [1.82, 2.24) is 0 Å². The second kappa shape index (κ2) is 13.7. The Morgan fingerprint density at radius 2 is 1.07 bits per heavy atom. The fourth-order valence-electron chi connectivity index (χ4n) is 15.4. The third kappa shape index (κ3) is 5.97. The molecule has 0 N–H and O–H groups in total. The minimum Gasteiger partial charge on any atom is -0.0820 e. The minimum atomic E-state index is 0.866. The van der Waals surface area contributed by atoms with Crippen molar-refractivity contribution in [3.63, 3.8) is 0 Å². The first-order valence-electron chi connectivity index (χ1n) is 21.4. The molecular weight excluding hydrogens is 528 g/mol. The first-order valence-corrected chi connectivity index (χ1v) is 21.4. The molecule has 0 aromatic rings. The zero-order valence-electron chi connectivity index (χ0n) is 29.4. The molecule has 0 saturated heterocycles. The fraction of sp³-hybridized carbons (Fsp3) is 0.955. The molecule has 13 atom stereocenters. The molecule has 0 heterocycles. The van der Waals surface area contributed by atoms with Crippen molar-refractivity contribution in [2.75, 3.05) is 0 Å². The second-order valence-corrected chi connectivity index (χ2v) is 19.0. The first kappa shape index (κ1) is 31.0. The molecule has 0 aromatic heterocycles. The first-order chi connectivity index (χ1) is 21.7. The van der Waals surface area contributed by atoms with Crippen LogP contribution in [0, 0.1) is 88.8 Å². The average molecular weight is 601 g/mol. The quantitative estimate of drug-likeness (QED) is 0.255. The Bertz CT molecular complexity index is 965. The van der Waals surface area contributed by atoms with E-state index in [9.17, 15) is 0 Å². The topological polar surface area (TPSA) is 0 Å². The van der Waals surface area contributed by atoms with Crippen LogP contribution in [0.4, 0.5) is 0 Å². The van der Waals surface area contributed by atoms with Crippen LogP contribution in [0.25, 0.3) is 0 Å². The second-order valence-electron chi connectivity index (χ2n) is 19.0. The molecule has 0 nitrogen and oxygen atoms in total. The van der Waals surface area contributed by atoms with E-state index < -0.39 is 0 Å². The maximum Gasteiger partial charge on any atom is -0.0231 e. The van der Waals surface area contributed by atoms with E-state index in [0.29, 0.717) is 0 Å². The molecule has 0 aliphatic heterocycles. The lowest BCUT2D eigenvalue weighted by Crippen LogP contribution is -2.54. The van der Waals surface area contributed by atoms with E-state index in [2.05, 4.69) is 19.9 Å². The van der Waals surface area contributed by atoms with E-state index in [-0.39, 0.29) is 0 Å². The summed E-state index contributed by atoms with van der Waals surface area (Å²) < 4.78 is 0. The number of hydrogen-bond donors (Lipinski definition) is 0. The molecule has 13 unspecified atom stereocenters. The van der Waals surface area contributed by atoms with Crippen molar-refractivity contribution in [2.24, 2.45) is 88.8 Å². The Balaban J connectivity index is 0.909. The smallest absolute Gasteiger partial charge is 0.0231 e. The van der Waals surface area contributed by atoms with Crippen LogP contribution in [0.1, 0.15) is 174 Å². The molecule has 248 valence electrons. The molecule has 0 radical (unpaired) electrons. The van der Waals surface area contributed by atoms with E-state index in [1.807, 2.05) is 5.57 Å². The number of hydrogen-bond acceptors (Lipinski definition) is 0. The number of allylic oxidation sites excluding steroid dienone is 2. The van der Waals surface area contributed by atoms with Crippen molar-refractivity contribution in [2.45, 2.75) is 174 Å². The van der Waals surface area contributed by atoms with Crippen molar-refractivity contribution in [3.05, 3.63) is 11.6 Å². The largest absolute Gasteiger partial charge is 0.0820 e. The highest BCUT2D eigenvalue weighted by Crippen LogP contribution is 2.64. The van der Waals surface area contributed by atoms with Crippen LogP contribution in [-0.4, -0.2) is 0 Å². The van der Waals surface area contributed by atoms with Crippen LogP contribution in [0.2, 0.25) is 0 Å². The van der Waals surface area contributed by atoms with Gasteiger partial charge >= 0.3 is 0 Å². The van der Waals surface area contributed by atoms with Gasteiger partial charge in [-0.15, -0.1) is 0 Å². The number of fused-ring (bicyclic) bond motifs is 1. The molecule has 8 aliphatic carbocycles. The van der Waals surface area contributed by atoms with Crippen molar-refractivity contribution < 1.29 is 0 Å². The van der Waals surface area contributed by atoms with Gasteiger partial charge in [0.15, 0.2) is 0 Å². The molecule has 0 bridgehead atoms. The lowest BCUT2D eigenvalue weighted by molar-refractivity contribution is -0.127. The van der Waals surface area contributed by atoms with Crippen LogP contribution in [0.15, 0.2) is 11.6 Å². The normalized spacial score (nSPS) is 50.5. The third-order valence-electron chi connectivity index (χ3n) is 17.5. The van der Waals surface area contributed by atoms with Crippen LogP contribution < -0.4 is 0 Å². The Labute approximate surface area is 274 Å². The summed E-state index contributed by atoms with van der Waals surface area (Å²) in [4.78, 5) is 0. The third-order valence-corrected chi connectivity index (χ3v) is 17.5. The summed E-state index contributed by atoms with van der Waals surface area (Å²) in [5, 5.41) is 0. The summed E-state index contributed by atoms with van der Waals surface area (Å²) in [7, 11) is 0. The summed E-state index contributed by atoms with van der Waals surface area (Å²) in [6, 6.07) is 0. The van der Waals surface area contributed by atoms with E-state index in [1.165, 1.54) is 32.1 Å². The van der Waals surface area contributed by atoms with Gasteiger partial charge in [0.05, 0.1) is 0 Å². The highest BCUT2D eigenvalue weighted by molar-refractivity contribution is 5.12. The molecule has 8 fully saturated rings. The van der Waals surface area contributed by atoms with Crippen molar-refractivity contribution in [3.8, 4) is 0 Å². The predicted octanol–water partition coefficient (Wildman–Crippen LogP) is 13.1. The Morgan fingerprint density at radius 3 is 1.80 bits per heavy atom. The van der Waals surface area contributed by atoms with Gasteiger partial charge in [0.25, 0.3) is 0 Å². The summed E-state index contributed by atoms with van der Waals surface area (Å²) in [6.07, 6.45) is 42.0. The van der Waals surface area contributed by atoms with Crippen molar-refractivity contribution >= 4 is 0 Å². The summed E-state index contributed by atoms with van der Waals surface area (Å²) in [5.41, 5.74) is 1.83. The van der Waals surface area contributed by atoms with E-state index in [4.69, 9.17) is 0 Å². The predicted molar refractivity (Wildman–Crippen MR) is 187 cm³/mol. The average Bonchev–Trinajstić information content (AvgIpc) is 3.49. The van der Waals surface area contributed by atoms with Crippen LogP contribution in [-0.2, 0) is 0 Å². The van der Waals surface area contributed by atoms with Gasteiger partial charge in [-0.05, 0) is 217 Å². The molecule has 8 saturated carbocycles. The molecule has 0 aromatic carbocycles. The molecule has 0 amide bonds. The van der Waals surface area contributed by atoms with Gasteiger partial charge < -0.3 is 0 Å². The maximum atomic E-state index is 2.79. The Hall–Kier alpha value is -0.260. The molecule has 8 rings (SSSR count). The van der Waals surface area contributed by atoms with Crippen molar-refractivity contribution in [1.29, 1.82) is 0 Å². The fourth-order valence-corrected chi connectivity index (χ4v) is 15.4. The van der Waals surface area contributed by atoms with E-state index in [0.717, 1.165) is 88.8 Å².